The molecular formula is C22H22ClN3O3. The zero-order chi connectivity index (χ0) is 20.4. The molecule has 29 heavy (non-hydrogen) atoms. The van der Waals surface area contributed by atoms with E-state index in [1.807, 2.05) is 24.3 Å². The number of amides is 3. The van der Waals surface area contributed by atoms with Crippen LogP contribution in [0, 0.1) is 5.92 Å². The van der Waals surface area contributed by atoms with Gasteiger partial charge in [-0.2, -0.15) is 0 Å². The number of hydrogen-bond acceptors (Lipinski definition) is 3. The number of rotatable bonds is 4. The Balaban J connectivity index is 1.36. The highest BCUT2D eigenvalue weighted by atomic mass is 35.5. The molecule has 1 atom stereocenters. The molecule has 0 spiro atoms. The summed E-state index contributed by atoms with van der Waals surface area (Å²) < 4.78 is 0. The molecule has 4 rings (SSSR count). The second-order valence-electron chi connectivity index (χ2n) is 7.38. The van der Waals surface area contributed by atoms with Crippen molar-refractivity contribution in [1.82, 2.24) is 5.32 Å². The second-order valence-corrected chi connectivity index (χ2v) is 7.82. The number of carbonyl (C=O) groups is 3. The van der Waals surface area contributed by atoms with Gasteiger partial charge in [0.2, 0.25) is 17.7 Å². The molecule has 0 saturated carbocycles. The van der Waals surface area contributed by atoms with Crippen LogP contribution in [-0.4, -0.2) is 37.4 Å². The molecule has 3 amide bonds. The maximum absolute atomic E-state index is 12.7. The molecule has 1 saturated heterocycles. The molecule has 2 heterocycles. The van der Waals surface area contributed by atoms with Crippen molar-refractivity contribution in [3.63, 3.8) is 0 Å². The van der Waals surface area contributed by atoms with Gasteiger partial charge in [-0.1, -0.05) is 35.9 Å². The number of nitrogens with zero attached hydrogens (tertiary/aromatic N) is 2. The Kier molecular flexibility index (Phi) is 5.53. The van der Waals surface area contributed by atoms with Gasteiger partial charge >= 0.3 is 0 Å². The van der Waals surface area contributed by atoms with E-state index in [1.165, 1.54) is 0 Å². The van der Waals surface area contributed by atoms with Crippen molar-refractivity contribution in [1.29, 1.82) is 0 Å². The fourth-order valence-electron chi connectivity index (χ4n) is 3.97. The predicted molar refractivity (Wildman–Crippen MR) is 112 cm³/mol. The third-order valence-corrected chi connectivity index (χ3v) is 5.68. The zero-order valence-corrected chi connectivity index (χ0v) is 16.7. The molecule has 7 heteroatoms. The van der Waals surface area contributed by atoms with Gasteiger partial charge in [-0.15, -0.1) is 0 Å². The first-order valence-corrected chi connectivity index (χ1v) is 10.1. The van der Waals surface area contributed by atoms with E-state index in [9.17, 15) is 14.4 Å². The Morgan fingerprint density at radius 1 is 1.14 bits per heavy atom. The number of fused-ring (bicyclic) bond motifs is 1. The summed E-state index contributed by atoms with van der Waals surface area (Å²) >= 11 is 6.00. The van der Waals surface area contributed by atoms with Gasteiger partial charge in [-0.3, -0.25) is 14.4 Å². The van der Waals surface area contributed by atoms with Gasteiger partial charge in [0.25, 0.3) is 0 Å². The number of anilines is 2. The third-order valence-electron chi connectivity index (χ3n) is 5.44. The van der Waals surface area contributed by atoms with Crippen LogP contribution >= 0.6 is 11.6 Å². The first-order valence-electron chi connectivity index (χ1n) is 9.75. The minimum absolute atomic E-state index is 0.0744. The standard InChI is InChI=1S/C22H22ClN3O3/c23-17-7-3-8-18(12-17)26-14-16(11-20(26)27)22(29)24-13-21(28)25-10-4-6-15-5-1-2-9-19(15)25/h1-3,5,7-9,12,16H,4,6,10-11,13-14H2,(H,24,29). The number of benzene rings is 2. The lowest BCUT2D eigenvalue weighted by molar-refractivity contribution is -0.128. The first kappa shape index (κ1) is 19.5. The van der Waals surface area contributed by atoms with Crippen molar-refractivity contribution in [3.8, 4) is 0 Å². The van der Waals surface area contributed by atoms with Gasteiger partial charge in [-0.25, -0.2) is 0 Å². The lowest BCUT2D eigenvalue weighted by atomic mass is 10.0. The van der Waals surface area contributed by atoms with Gasteiger partial charge in [0.05, 0.1) is 12.5 Å². The van der Waals surface area contributed by atoms with Crippen molar-refractivity contribution in [2.24, 2.45) is 5.92 Å². The summed E-state index contributed by atoms with van der Waals surface area (Å²) in [7, 11) is 0. The summed E-state index contributed by atoms with van der Waals surface area (Å²) in [6.45, 7) is 0.858. The van der Waals surface area contributed by atoms with Crippen molar-refractivity contribution < 1.29 is 14.4 Å². The number of aryl methyl sites for hydroxylation is 1. The Hall–Kier alpha value is -2.86. The van der Waals surface area contributed by atoms with Crippen LogP contribution in [0.4, 0.5) is 11.4 Å². The lowest BCUT2D eigenvalue weighted by Crippen LogP contribution is -2.44. The fourth-order valence-corrected chi connectivity index (χ4v) is 4.16. The molecule has 1 fully saturated rings. The van der Waals surface area contributed by atoms with Crippen LogP contribution in [-0.2, 0) is 20.8 Å². The number of halogens is 1. The van der Waals surface area contributed by atoms with Crippen LogP contribution in [0.3, 0.4) is 0 Å². The maximum Gasteiger partial charge on any atom is 0.246 e. The Labute approximate surface area is 174 Å². The van der Waals surface area contributed by atoms with E-state index in [-0.39, 0.29) is 37.2 Å². The Morgan fingerprint density at radius 2 is 1.97 bits per heavy atom. The summed E-state index contributed by atoms with van der Waals surface area (Å²) in [4.78, 5) is 40.9. The van der Waals surface area contributed by atoms with Crippen molar-refractivity contribution in [3.05, 3.63) is 59.1 Å². The maximum atomic E-state index is 12.7. The van der Waals surface area contributed by atoms with E-state index < -0.39 is 5.92 Å². The molecule has 2 aliphatic rings. The molecule has 1 N–H and O–H groups in total. The van der Waals surface area contributed by atoms with Gasteiger partial charge < -0.3 is 15.1 Å². The highest BCUT2D eigenvalue weighted by Crippen LogP contribution is 2.28. The van der Waals surface area contributed by atoms with Crippen molar-refractivity contribution >= 4 is 40.7 Å². The molecule has 2 aliphatic heterocycles. The zero-order valence-electron chi connectivity index (χ0n) is 15.9. The largest absolute Gasteiger partial charge is 0.347 e. The average Bonchev–Trinajstić information content (AvgIpc) is 3.13. The van der Waals surface area contributed by atoms with Crippen LogP contribution in [0.1, 0.15) is 18.4 Å². The van der Waals surface area contributed by atoms with Crippen LogP contribution in [0.15, 0.2) is 48.5 Å². The predicted octanol–water partition coefficient (Wildman–Crippen LogP) is 2.79. The van der Waals surface area contributed by atoms with E-state index in [4.69, 9.17) is 11.6 Å². The summed E-state index contributed by atoms with van der Waals surface area (Å²) in [6.07, 6.45) is 1.98. The second kappa shape index (κ2) is 8.25. The molecule has 150 valence electrons. The van der Waals surface area contributed by atoms with Gasteiger partial charge in [-0.05, 0) is 42.7 Å². The van der Waals surface area contributed by atoms with E-state index in [0.717, 1.165) is 24.1 Å². The summed E-state index contributed by atoms with van der Waals surface area (Å²) in [6, 6.07) is 14.9. The SMILES string of the molecule is O=C(NCC(=O)N1CCCc2ccccc21)C1CC(=O)N(c2cccc(Cl)c2)C1. The number of para-hydroxylation sites is 1. The minimum Gasteiger partial charge on any atom is -0.347 e. The minimum atomic E-state index is -0.483. The number of hydrogen-bond donors (Lipinski definition) is 1. The van der Waals surface area contributed by atoms with E-state index >= 15 is 0 Å². The molecule has 0 radical (unpaired) electrons. The molecule has 0 bridgehead atoms. The molecule has 1 unspecified atom stereocenters. The highest BCUT2D eigenvalue weighted by Gasteiger charge is 2.35. The number of carbonyl (C=O) groups excluding carboxylic acids is 3. The van der Waals surface area contributed by atoms with Crippen molar-refractivity contribution in [2.45, 2.75) is 19.3 Å². The normalized spacial score (nSPS) is 18.5. The third kappa shape index (κ3) is 4.12. The Morgan fingerprint density at radius 3 is 2.79 bits per heavy atom. The summed E-state index contributed by atoms with van der Waals surface area (Å²) in [5.41, 5.74) is 2.75. The van der Waals surface area contributed by atoms with Crippen molar-refractivity contribution in [2.75, 3.05) is 29.4 Å². The van der Waals surface area contributed by atoms with Gasteiger partial charge in [0.1, 0.15) is 0 Å². The molecule has 0 aliphatic carbocycles. The average molecular weight is 412 g/mol. The molecule has 6 nitrogen and oxygen atoms in total. The Bertz CT molecular complexity index is 962. The van der Waals surface area contributed by atoms with Crippen LogP contribution < -0.4 is 15.1 Å². The monoisotopic (exact) mass is 411 g/mol. The topological polar surface area (TPSA) is 69.7 Å². The van der Waals surface area contributed by atoms with E-state index in [2.05, 4.69) is 5.32 Å². The molecule has 2 aromatic rings. The van der Waals surface area contributed by atoms with Gasteiger partial charge in [0.15, 0.2) is 0 Å². The summed E-state index contributed by atoms with van der Waals surface area (Å²) in [5, 5.41) is 3.26. The number of nitrogens with one attached hydrogen (secondary N) is 1. The van der Waals surface area contributed by atoms with Crippen LogP contribution in [0.25, 0.3) is 0 Å². The smallest absolute Gasteiger partial charge is 0.246 e. The molecule has 0 aromatic heterocycles. The van der Waals surface area contributed by atoms with Crippen LogP contribution in [0.5, 0.6) is 0 Å². The van der Waals surface area contributed by atoms with E-state index in [0.29, 0.717) is 17.3 Å². The van der Waals surface area contributed by atoms with E-state index in [1.54, 1.807) is 34.1 Å². The summed E-state index contributed by atoms with van der Waals surface area (Å²) in [5.74, 6) is -1.02. The van der Waals surface area contributed by atoms with Gasteiger partial charge in [0, 0.05) is 35.9 Å². The lowest BCUT2D eigenvalue weighted by Gasteiger charge is -2.29. The first-order chi connectivity index (χ1) is 14.0. The molecule has 2 aromatic carbocycles. The molecular weight excluding hydrogens is 390 g/mol. The quantitative estimate of drug-likeness (QED) is 0.841. The van der Waals surface area contributed by atoms with Crippen LogP contribution in [0.2, 0.25) is 5.02 Å². The highest BCUT2D eigenvalue weighted by molar-refractivity contribution is 6.31. The fraction of sp³-hybridized carbons (Fsp3) is 0.318.